The maximum absolute atomic E-state index is 12.6. The molecule has 0 fully saturated rings. The molecule has 140 valence electrons. The van der Waals surface area contributed by atoms with Crippen LogP contribution < -0.4 is 5.32 Å². The highest BCUT2D eigenvalue weighted by molar-refractivity contribution is 5.85. The van der Waals surface area contributed by atoms with Gasteiger partial charge in [-0.25, -0.2) is 0 Å². The third-order valence-corrected chi connectivity index (χ3v) is 5.22. The summed E-state index contributed by atoms with van der Waals surface area (Å²) in [5.41, 5.74) is 2.42. The van der Waals surface area contributed by atoms with Crippen LogP contribution in [0.15, 0.2) is 72.8 Å². The fourth-order valence-corrected chi connectivity index (χ4v) is 3.74. The van der Waals surface area contributed by atoms with Crippen LogP contribution in [0.1, 0.15) is 36.3 Å². The van der Waals surface area contributed by atoms with Gasteiger partial charge in [0.1, 0.15) is 0 Å². The van der Waals surface area contributed by atoms with Crippen molar-refractivity contribution in [2.24, 2.45) is 11.8 Å². The topological polar surface area (TPSA) is 66.4 Å². The van der Waals surface area contributed by atoms with Crippen molar-refractivity contribution in [2.45, 2.75) is 25.2 Å². The van der Waals surface area contributed by atoms with Gasteiger partial charge in [0.25, 0.3) is 0 Å². The quantitative estimate of drug-likeness (QED) is 0.731. The molecule has 4 nitrogen and oxygen atoms in total. The number of carbonyl (C=O) groups excluding carboxylic acids is 1. The molecular formula is C23H25NO3. The van der Waals surface area contributed by atoms with Crippen molar-refractivity contribution in [2.75, 3.05) is 6.54 Å². The summed E-state index contributed by atoms with van der Waals surface area (Å²) in [5, 5.41) is 12.3. The van der Waals surface area contributed by atoms with Crippen molar-refractivity contribution >= 4 is 11.9 Å². The SMILES string of the molecule is O=C(O)[C@H]1CC=CC[C@H]1C(=O)NCCC(c1ccccc1)c1ccccc1. The first-order valence-electron chi connectivity index (χ1n) is 9.42. The average molecular weight is 363 g/mol. The minimum atomic E-state index is -0.897. The normalized spacial score (nSPS) is 19.0. The van der Waals surface area contributed by atoms with Crippen LogP contribution in [0.25, 0.3) is 0 Å². The standard InChI is InChI=1S/C23H25NO3/c25-22(20-13-7-8-14-21(20)23(26)27)24-16-15-19(17-9-3-1-4-10-17)18-11-5-2-6-12-18/h1-12,19-21H,13-16H2,(H,24,25)(H,26,27)/t20-,21+/m1/s1. The number of amides is 1. The van der Waals surface area contributed by atoms with Gasteiger partial charge in [-0.2, -0.15) is 0 Å². The van der Waals surface area contributed by atoms with E-state index in [4.69, 9.17) is 0 Å². The van der Waals surface area contributed by atoms with E-state index >= 15 is 0 Å². The lowest BCUT2D eigenvalue weighted by Crippen LogP contribution is -2.39. The first kappa shape index (κ1) is 18.9. The number of aliphatic carboxylic acids is 1. The number of rotatable bonds is 7. The van der Waals surface area contributed by atoms with Crippen molar-refractivity contribution in [3.63, 3.8) is 0 Å². The summed E-state index contributed by atoms with van der Waals surface area (Å²) in [7, 11) is 0. The Kier molecular flexibility index (Phi) is 6.42. The number of carboxylic acids is 1. The van der Waals surface area contributed by atoms with Crippen LogP contribution in [0, 0.1) is 11.8 Å². The van der Waals surface area contributed by atoms with Gasteiger partial charge in [0.2, 0.25) is 5.91 Å². The van der Waals surface area contributed by atoms with E-state index in [1.165, 1.54) is 11.1 Å². The molecule has 2 atom stereocenters. The minimum Gasteiger partial charge on any atom is -0.481 e. The Bertz CT molecular complexity index is 746. The Morgan fingerprint density at radius 1 is 0.889 bits per heavy atom. The molecule has 0 bridgehead atoms. The second-order valence-electron chi connectivity index (χ2n) is 6.95. The van der Waals surface area contributed by atoms with Crippen molar-refractivity contribution in [1.29, 1.82) is 0 Å². The monoisotopic (exact) mass is 363 g/mol. The predicted molar refractivity (Wildman–Crippen MR) is 105 cm³/mol. The number of hydrogen-bond donors (Lipinski definition) is 2. The first-order valence-corrected chi connectivity index (χ1v) is 9.42. The van der Waals surface area contributed by atoms with Crippen molar-refractivity contribution in [3.05, 3.63) is 83.9 Å². The molecule has 0 aliphatic heterocycles. The first-order chi connectivity index (χ1) is 13.2. The van der Waals surface area contributed by atoms with Gasteiger partial charge in [0.05, 0.1) is 11.8 Å². The second-order valence-corrected chi connectivity index (χ2v) is 6.95. The molecule has 2 aromatic carbocycles. The molecule has 1 aliphatic carbocycles. The summed E-state index contributed by atoms with van der Waals surface area (Å²) in [5.74, 6) is -1.99. The molecule has 0 aromatic heterocycles. The van der Waals surface area contributed by atoms with Gasteiger partial charge in [-0.3, -0.25) is 9.59 Å². The Balaban J connectivity index is 1.65. The summed E-state index contributed by atoms with van der Waals surface area (Å²) in [6.45, 7) is 0.514. The van der Waals surface area contributed by atoms with Crippen LogP contribution in [0.2, 0.25) is 0 Å². The smallest absolute Gasteiger partial charge is 0.307 e. The fourth-order valence-electron chi connectivity index (χ4n) is 3.74. The van der Waals surface area contributed by atoms with Crippen LogP contribution >= 0.6 is 0 Å². The second kappa shape index (κ2) is 9.17. The fraction of sp³-hybridized carbons (Fsp3) is 0.304. The number of carbonyl (C=O) groups is 2. The average Bonchev–Trinajstić information content (AvgIpc) is 2.72. The lowest BCUT2D eigenvalue weighted by atomic mass is 9.82. The minimum absolute atomic E-state index is 0.161. The van der Waals surface area contributed by atoms with Gasteiger partial charge < -0.3 is 10.4 Å². The Hall–Kier alpha value is -2.88. The van der Waals surface area contributed by atoms with Crippen LogP contribution in [0.5, 0.6) is 0 Å². The third kappa shape index (κ3) is 4.85. The number of nitrogens with one attached hydrogen (secondary N) is 1. The molecule has 0 spiro atoms. The van der Waals surface area contributed by atoms with Gasteiger partial charge in [0, 0.05) is 12.5 Å². The number of allylic oxidation sites excluding steroid dienone is 2. The number of hydrogen-bond acceptors (Lipinski definition) is 2. The van der Waals surface area contributed by atoms with Crippen molar-refractivity contribution in [3.8, 4) is 0 Å². The van der Waals surface area contributed by atoms with E-state index in [0.29, 0.717) is 19.4 Å². The Morgan fingerprint density at radius 2 is 1.41 bits per heavy atom. The largest absolute Gasteiger partial charge is 0.481 e. The van der Waals surface area contributed by atoms with Crippen molar-refractivity contribution < 1.29 is 14.7 Å². The third-order valence-electron chi connectivity index (χ3n) is 5.22. The van der Waals surface area contributed by atoms with E-state index in [0.717, 1.165) is 6.42 Å². The summed E-state index contributed by atoms with van der Waals surface area (Å²) in [4.78, 5) is 24.0. The molecule has 1 amide bonds. The Morgan fingerprint density at radius 3 is 1.93 bits per heavy atom. The van der Waals surface area contributed by atoms with Crippen LogP contribution in [-0.4, -0.2) is 23.5 Å². The lowest BCUT2D eigenvalue weighted by Gasteiger charge is -2.25. The zero-order valence-corrected chi connectivity index (χ0v) is 15.3. The molecule has 0 saturated carbocycles. The summed E-state index contributed by atoms with van der Waals surface area (Å²) < 4.78 is 0. The highest BCUT2D eigenvalue weighted by Crippen LogP contribution is 2.28. The maximum atomic E-state index is 12.6. The molecule has 2 N–H and O–H groups in total. The zero-order valence-electron chi connectivity index (χ0n) is 15.3. The van der Waals surface area contributed by atoms with E-state index in [1.807, 2.05) is 48.6 Å². The molecule has 27 heavy (non-hydrogen) atoms. The highest BCUT2D eigenvalue weighted by atomic mass is 16.4. The maximum Gasteiger partial charge on any atom is 0.307 e. The van der Waals surface area contributed by atoms with E-state index < -0.39 is 17.8 Å². The molecule has 0 saturated heterocycles. The van der Waals surface area contributed by atoms with E-state index in [1.54, 1.807) is 0 Å². The summed E-state index contributed by atoms with van der Waals surface area (Å²) >= 11 is 0. The Labute approximate surface area is 159 Å². The van der Waals surface area contributed by atoms with Gasteiger partial charge in [-0.1, -0.05) is 72.8 Å². The molecule has 0 heterocycles. The van der Waals surface area contributed by atoms with Gasteiger partial charge >= 0.3 is 5.97 Å². The highest BCUT2D eigenvalue weighted by Gasteiger charge is 2.33. The molecule has 3 rings (SSSR count). The van der Waals surface area contributed by atoms with E-state index in [-0.39, 0.29) is 11.8 Å². The van der Waals surface area contributed by atoms with Gasteiger partial charge in [0.15, 0.2) is 0 Å². The zero-order chi connectivity index (χ0) is 19.1. The molecule has 2 aromatic rings. The van der Waals surface area contributed by atoms with Gasteiger partial charge in [-0.05, 0) is 30.4 Å². The van der Waals surface area contributed by atoms with E-state index in [9.17, 15) is 14.7 Å². The van der Waals surface area contributed by atoms with Crippen LogP contribution in [-0.2, 0) is 9.59 Å². The summed E-state index contributed by atoms with van der Waals surface area (Å²) in [6, 6.07) is 20.5. The van der Waals surface area contributed by atoms with Crippen LogP contribution in [0.4, 0.5) is 0 Å². The van der Waals surface area contributed by atoms with Crippen LogP contribution in [0.3, 0.4) is 0 Å². The molecule has 0 unspecified atom stereocenters. The number of benzene rings is 2. The van der Waals surface area contributed by atoms with Gasteiger partial charge in [-0.15, -0.1) is 0 Å². The lowest BCUT2D eigenvalue weighted by molar-refractivity contribution is -0.147. The molecular weight excluding hydrogens is 338 g/mol. The molecule has 4 heteroatoms. The number of carboxylic acid groups (broad SMARTS) is 1. The predicted octanol–water partition coefficient (Wildman–Crippen LogP) is 3.99. The van der Waals surface area contributed by atoms with E-state index in [2.05, 4.69) is 29.6 Å². The molecule has 1 aliphatic rings. The summed E-state index contributed by atoms with van der Waals surface area (Å²) in [6.07, 6.45) is 5.43. The van der Waals surface area contributed by atoms with Crippen molar-refractivity contribution in [1.82, 2.24) is 5.32 Å². The molecule has 0 radical (unpaired) electrons.